The topological polar surface area (TPSA) is 60.9 Å². The molecule has 1 N–H and O–H groups in total. The van der Waals surface area contributed by atoms with Crippen molar-refractivity contribution in [2.24, 2.45) is 5.92 Å². The first-order valence-electron chi connectivity index (χ1n) is 6.86. The Balaban J connectivity index is 2.12. The molecule has 0 bridgehead atoms. The van der Waals surface area contributed by atoms with E-state index in [1.165, 1.54) is 0 Å². The second kappa shape index (κ2) is 5.16. The normalized spacial score (nSPS) is 28.0. The summed E-state index contributed by atoms with van der Waals surface area (Å²) in [5, 5.41) is 9.32. The van der Waals surface area contributed by atoms with Gasteiger partial charge in [-0.2, -0.15) is 0 Å². The summed E-state index contributed by atoms with van der Waals surface area (Å²) in [7, 11) is 0. The number of carboxylic acid groups (broad SMARTS) is 1. The summed E-state index contributed by atoms with van der Waals surface area (Å²) < 4.78 is 0. The number of urea groups is 1. The van der Waals surface area contributed by atoms with Crippen molar-refractivity contribution in [3.8, 4) is 0 Å². The van der Waals surface area contributed by atoms with Crippen LogP contribution in [-0.2, 0) is 4.79 Å². The summed E-state index contributed by atoms with van der Waals surface area (Å²) in [6.45, 7) is 5.12. The summed E-state index contributed by atoms with van der Waals surface area (Å²) in [5.41, 5.74) is 0. The Hall–Kier alpha value is -1.26. The molecule has 0 aromatic heterocycles. The van der Waals surface area contributed by atoms with Crippen LogP contribution in [0.25, 0.3) is 0 Å². The van der Waals surface area contributed by atoms with Crippen molar-refractivity contribution in [3.63, 3.8) is 0 Å². The second-order valence-electron chi connectivity index (χ2n) is 5.40. The van der Waals surface area contributed by atoms with Gasteiger partial charge in [0.25, 0.3) is 0 Å². The Morgan fingerprint density at radius 2 is 2.00 bits per heavy atom. The van der Waals surface area contributed by atoms with Crippen LogP contribution in [0.3, 0.4) is 0 Å². The molecule has 5 heteroatoms. The first kappa shape index (κ1) is 13.2. The molecule has 0 aromatic rings. The first-order chi connectivity index (χ1) is 8.56. The van der Waals surface area contributed by atoms with E-state index < -0.39 is 12.0 Å². The molecule has 1 saturated carbocycles. The van der Waals surface area contributed by atoms with Crippen molar-refractivity contribution >= 4 is 12.0 Å². The number of rotatable bonds is 3. The molecule has 1 aliphatic carbocycles. The lowest BCUT2D eigenvalue weighted by Gasteiger charge is -2.40. The van der Waals surface area contributed by atoms with Crippen molar-refractivity contribution < 1.29 is 14.7 Å². The van der Waals surface area contributed by atoms with Crippen LogP contribution >= 0.6 is 0 Å². The fraction of sp³-hybridized carbons (Fsp3) is 0.846. The molecule has 2 fully saturated rings. The molecule has 102 valence electrons. The Morgan fingerprint density at radius 1 is 1.33 bits per heavy atom. The van der Waals surface area contributed by atoms with Crippen LogP contribution < -0.4 is 0 Å². The molecule has 2 amide bonds. The van der Waals surface area contributed by atoms with Crippen molar-refractivity contribution in [1.82, 2.24) is 9.80 Å². The standard InChI is InChI=1S/C13H22N2O3/c1-3-14(10-6-7-10)13(18)15-8-4-5-9(2)11(15)12(16)17/h9-11H,3-8H2,1-2H3,(H,16,17). The molecule has 0 radical (unpaired) electrons. The van der Waals surface area contributed by atoms with Crippen LogP contribution in [0.5, 0.6) is 0 Å². The zero-order valence-electron chi connectivity index (χ0n) is 11.1. The van der Waals surface area contributed by atoms with E-state index in [1.807, 2.05) is 18.7 Å². The lowest BCUT2D eigenvalue weighted by Crippen LogP contribution is -2.56. The summed E-state index contributed by atoms with van der Waals surface area (Å²) in [6.07, 6.45) is 3.90. The van der Waals surface area contributed by atoms with E-state index in [9.17, 15) is 14.7 Å². The van der Waals surface area contributed by atoms with Crippen molar-refractivity contribution in [1.29, 1.82) is 0 Å². The average Bonchev–Trinajstić information content (AvgIpc) is 3.13. The lowest BCUT2D eigenvalue weighted by atomic mass is 9.91. The van der Waals surface area contributed by atoms with Crippen LogP contribution in [0.15, 0.2) is 0 Å². The predicted molar refractivity (Wildman–Crippen MR) is 67.3 cm³/mol. The molecule has 2 rings (SSSR count). The number of piperidine rings is 1. The Labute approximate surface area is 108 Å². The fourth-order valence-electron chi connectivity index (χ4n) is 2.88. The molecule has 0 aromatic carbocycles. The third-order valence-corrected chi connectivity index (χ3v) is 4.01. The highest BCUT2D eigenvalue weighted by molar-refractivity contribution is 5.83. The zero-order chi connectivity index (χ0) is 13.3. The Bertz CT molecular complexity index is 341. The number of carbonyl (C=O) groups excluding carboxylic acids is 1. The van der Waals surface area contributed by atoms with Gasteiger partial charge in [-0.15, -0.1) is 0 Å². The Morgan fingerprint density at radius 3 is 2.50 bits per heavy atom. The van der Waals surface area contributed by atoms with Gasteiger partial charge in [-0.05, 0) is 38.5 Å². The van der Waals surface area contributed by atoms with Crippen LogP contribution in [-0.4, -0.2) is 52.1 Å². The van der Waals surface area contributed by atoms with Crippen LogP contribution in [0.2, 0.25) is 0 Å². The summed E-state index contributed by atoms with van der Waals surface area (Å²) in [4.78, 5) is 27.2. The van der Waals surface area contributed by atoms with Gasteiger partial charge in [-0.1, -0.05) is 6.92 Å². The number of hydrogen-bond donors (Lipinski definition) is 1. The van der Waals surface area contributed by atoms with Gasteiger partial charge in [0.1, 0.15) is 6.04 Å². The molecule has 2 aliphatic rings. The molecule has 0 spiro atoms. The minimum atomic E-state index is -0.873. The van der Waals surface area contributed by atoms with E-state index in [2.05, 4.69) is 0 Å². The van der Waals surface area contributed by atoms with Gasteiger partial charge in [-0.3, -0.25) is 0 Å². The largest absolute Gasteiger partial charge is 0.480 e. The van der Waals surface area contributed by atoms with Crippen LogP contribution in [0, 0.1) is 5.92 Å². The van der Waals surface area contributed by atoms with Gasteiger partial charge in [0.2, 0.25) is 0 Å². The maximum Gasteiger partial charge on any atom is 0.326 e. The minimum absolute atomic E-state index is 0.0399. The van der Waals surface area contributed by atoms with Crippen molar-refractivity contribution in [3.05, 3.63) is 0 Å². The molecular formula is C13H22N2O3. The average molecular weight is 254 g/mol. The second-order valence-corrected chi connectivity index (χ2v) is 5.40. The third-order valence-electron chi connectivity index (χ3n) is 4.01. The highest BCUT2D eigenvalue weighted by Gasteiger charge is 2.41. The molecular weight excluding hydrogens is 232 g/mol. The molecule has 2 atom stereocenters. The van der Waals surface area contributed by atoms with Gasteiger partial charge in [-0.25, -0.2) is 9.59 Å². The van der Waals surface area contributed by atoms with E-state index in [0.29, 0.717) is 19.1 Å². The molecule has 1 heterocycles. The summed E-state index contributed by atoms with van der Waals surface area (Å²) in [5.74, 6) is -0.833. The smallest absolute Gasteiger partial charge is 0.326 e. The number of carboxylic acids is 1. The highest BCUT2D eigenvalue weighted by atomic mass is 16.4. The number of aliphatic carboxylic acids is 1. The Kier molecular flexibility index (Phi) is 3.78. The van der Waals surface area contributed by atoms with Gasteiger partial charge in [0.15, 0.2) is 0 Å². The maximum atomic E-state index is 12.5. The van der Waals surface area contributed by atoms with Crippen molar-refractivity contribution in [2.45, 2.75) is 51.6 Å². The van der Waals surface area contributed by atoms with Gasteiger partial charge < -0.3 is 14.9 Å². The predicted octanol–water partition coefficient (Wildman–Crippen LogP) is 1.78. The minimum Gasteiger partial charge on any atom is -0.480 e. The zero-order valence-corrected chi connectivity index (χ0v) is 11.1. The SMILES string of the molecule is CCN(C(=O)N1CCCC(C)C1C(=O)O)C1CC1. The number of likely N-dealkylation sites (tertiary alicyclic amines) is 1. The van der Waals surface area contributed by atoms with Gasteiger partial charge in [0, 0.05) is 19.1 Å². The number of nitrogens with zero attached hydrogens (tertiary/aromatic N) is 2. The number of carbonyl (C=O) groups is 2. The van der Waals surface area contributed by atoms with E-state index >= 15 is 0 Å². The van der Waals surface area contributed by atoms with Gasteiger partial charge >= 0.3 is 12.0 Å². The molecule has 1 aliphatic heterocycles. The monoisotopic (exact) mass is 254 g/mol. The quantitative estimate of drug-likeness (QED) is 0.835. The van der Waals surface area contributed by atoms with Gasteiger partial charge in [0.05, 0.1) is 0 Å². The molecule has 1 saturated heterocycles. The van der Waals surface area contributed by atoms with E-state index in [1.54, 1.807) is 4.90 Å². The van der Waals surface area contributed by atoms with E-state index in [4.69, 9.17) is 0 Å². The summed E-state index contributed by atoms with van der Waals surface area (Å²) in [6, 6.07) is -0.396. The number of amides is 2. The molecule has 18 heavy (non-hydrogen) atoms. The lowest BCUT2D eigenvalue weighted by molar-refractivity contribution is -0.145. The summed E-state index contributed by atoms with van der Waals surface area (Å²) >= 11 is 0. The maximum absolute atomic E-state index is 12.5. The molecule has 2 unspecified atom stereocenters. The molecule has 5 nitrogen and oxygen atoms in total. The van der Waals surface area contributed by atoms with Crippen LogP contribution in [0.4, 0.5) is 4.79 Å². The van der Waals surface area contributed by atoms with E-state index in [-0.39, 0.29) is 11.9 Å². The third kappa shape index (κ3) is 2.44. The fourth-order valence-corrected chi connectivity index (χ4v) is 2.88. The first-order valence-corrected chi connectivity index (χ1v) is 6.86. The highest BCUT2D eigenvalue weighted by Crippen LogP contribution is 2.30. The van der Waals surface area contributed by atoms with Crippen LogP contribution in [0.1, 0.15) is 39.5 Å². The van der Waals surface area contributed by atoms with E-state index in [0.717, 1.165) is 25.7 Å². The number of hydrogen-bond acceptors (Lipinski definition) is 2. The van der Waals surface area contributed by atoms with Crippen molar-refractivity contribution in [2.75, 3.05) is 13.1 Å².